The highest BCUT2D eigenvalue weighted by Crippen LogP contribution is 2.44. The van der Waals surface area contributed by atoms with Crippen LogP contribution in [-0.2, 0) is 10.8 Å². The highest BCUT2D eigenvalue weighted by Gasteiger charge is 2.21. The van der Waals surface area contributed by atoms with E-state index in [1.165, 1.54) is 33.4 Å². The van der Waals surface area contributed by atoms with E-state index in [0.717, 1.165) is 56.8 Å². The molecule has 0 bridgehead atoms. The maximum Gasteiger partial charge on any atom is 0.121 e. The summed E-state index contributed by atoms with van der Waals surface area (Å²) >= 11 is 0. The maximum absolute atomic E-state index is 6.07. The molecular formula is C58H56N2O2. The number of benzene rings is 8. The van der Waals surface area contributed by atoms with E-state index >= 15 is 0 Å². The van der Waals surface area contributed by atoms with Crippen molar-refractivity contribution in [2.24, 2.45) is 0 Å². The third-order valence-electron chi connectivity index (χ3n) is 11.6. The van der Waals surface area contributed by atoms with E-state index in [0.29, 0.717) is 0 Å². The largest absolute Gasteiger partial charge is 0.497 e. The lowest BCUT2D eigenvalue weighted by Crippen LogP contribution is -2.13. The highest BCUT2D eigenvalue weighted by molar-refractivity contribution is 5.86. The van der Waals surface area contributed by atoms with E-state index in [9.17, 15) is 0 Å². The first-order valence-electron chi connectivity index (χ1n) is 21.4. The van der Waals surface area contributed by atoms with Gasteiger partial charge in [0.05, 0.1) is 25.6 Å². The summed E-state index contributed by atoms with van der Waals surface area (Å²) in [5, 5.41) is 0. The maximum atomic E-state index is 6.07. The van der Waals surface area contributed by atoms with Gasteiger partial charge in [0.25, 0.3) is 0 Å². The molecule has 0 N–H and O–H groups in total. The lowest BCUT2D eigenvalue weighted by molar-refractivity contribution is 0.414. The minimum Gasteiger partial charge on any atom is -0.497 e. The van der Waals surface area contributed by atoms with E-state index < -0.39 is 0 Å². The van der Waals surface area contributed by atoms with Crippen LogP contribution in [0.2, 0.25) is 0 Å². The number of methoxy groups -OCH3 is 2. The van der Waals surface area contributed by atoms with Crippen molar-refractivity contribution < 1.29 is 9.47 Å². The van der Waals surface area contributed by atoms with Crippen molar-refractivity contribution in [1.29, 1.82) is 0 Å². The molecule has 0 aliphatic heterocycles. The molecule has 0 unspecified atom stereocenters. The number of ether oxygens (including phenoxy) is 2. The van der Waals surface area contributed by atoms with Crippen LogP contribution < -0.4 is 19.3 Å². The van der Waals surface area contributed by atoms with Crippen LogP contribution in [-0.4, -0.2) is 14.2 Å². The summed E-state index contributed by atoms with van der Waals surface area (Å²) in [6.07, 6.45) is 0. The standard InChI is InChI=1S/C58H56N2O2/c1-57(2,3)47-23-31-51(32-24-47)59(49-27-19-43(20-28-49)41-15-11-9-12-16-41)53-35-45(37-55(39-53)61-7)46-36-54(40-56(38-46)62-8)60(52-33-25-48(26-34-52)58(4,5)6)50-29-21-44(22-30-50)42-17-13-10-14-18-42/h9-40H,1-8H3. The number of hydrogen-bond donors (Lipinski definition) is 0. The van der Waals surface area contributed by atoms with Gasteiger partial charge in [0.1, 0.15) is 11.5 Å². The minimum atomic E-state index is 0.0281. The van der Waals surface area contributed by atoms with Crippen molar-refractivity contribution in [1.82, 2.24) is 0 Å². The van der Waals surface area contributed by atoms with Crippen molar-refractivity contribution in [3.05, 3.63) is 205 Å². The fraction of sp³-hybridized carbons (Fsp3) is 0.172. The third kappa shape index (κ3) is 9.16. The van der Waals surface area contributed by atoms with Crippen LogP contribution in [0.25, 0.3) is 33.4 Å². The first-order valence-corrected chi connectivity index (χ1v) is 21.4. The van der Waals surface area contributed by atoms with Crippen molar-refractivity contribution >= 4 is 34.1 Å². The predicted octanol–water partition coefficient (Wildman–Crippen LogP) is 16.2. The number of hydrogen-bond acceptors (Lipinski definition) is 4. The molecule has 0 saturated heterocycles. The molecule has 0 aromatic heterocycles. The predicted molar refractivity (Wildman–Crippen MR) is 263 cm³/mol. The smallest absolute Gasteiger partial charge is 0.121 e. The van der Waals surface area contributed by atoms with Gasteiger partial charge in [-0.25, -0.2) is 0 Å². The van der Waals surface area contributed by atoms with Crippen LogP contribution in [0.5, 0.6) is 11.5 Å². The SMILES string of the molecule is COc1cc(-c2cc(OC)cc(N(c3ccc(-c4ccccc4)cc3)c3ccc(C(C)(C)C)cc3)c2)cc(N(c2ccc(-c3ccccc3)cc2)c2ccc(C(C)(C)C)cc2)c1. The van der Waals surface area contributed by atoms with Crippen LogP contribution in [0.1, 0.15) is 52.7 Å². The van der Waals surface area contributed by atoms with Gasteiger partial charge in [-0.1, -0.05) is 151 Å². The number of anilines is 6. The van der Waals surface area contributed by atoms with Gasteiger partial charge < -0.3 is 19.3 Å². The molecule has 4 heteroatoms. The Balaban J connectivity index is 1.26. The van der Waals surface area contributed by atoms with Crippen LogP contribution in [0, 0.1) is 0 Å². The molecule has 0 aliphatic carbocycles. The lowest BCUT2D eigenvalue weighted by Gasteiger charge is -2.29. The second-order valence-corrected chi connectivity index (χ2v) is 17.9. The molecule has 8 aromatic carbocycles. The summed E-state index contributed by atoms with van der Waals surface area (Å²) in [5.41, 5.74) is 15.5. The van der Waals surface area contributed by atoms with Crippen molar-refractivity contribution in [2.45, 2.75) is 52.4 Å². The molecule has 0 saturated carbocycles. The Morgan fingerprint density at radius 1 is 0.290 bits per heavy atom. The zero-order valence-electron chi connectivity index (χ0n) is 37.2. The quantitative estimate of drug-likeness (QED) is 0.130. The molecule has 0 heterocycles. The summed E-state index contributed by atoms with van der Waals surface area (Å²) < 4.78 is 12.1. The summed E-state index contributed by atoms with van der Waals surface area (Å²) in [6, 6.07) is 69.4. The van der Waals surface area contributed by atoms with Gasteiger partial charge in [-0.2, -0.15) is 0 Å². The Morgan fingerprint density at radius 3 is 0.871 bits per heavy atom. The summed E-state index contributed by atoms with van der Waals surface area (Å²) in [5.74, 6) is 1.51. The van der Waals surface area contributed by atoms with Crippen LogP contribution in [0.4, 0.5) is 34.1 Å². The number of nitrogens with zero attached hydrogens (tertiary/aromatic N) is 2. The Labute approximate surface area is 368 Å². The lowest BCUT2D eigenvalue weighted by atomic mass is 9.87. The monoisotopic (exact) mass is 812 g/mol. The van der Waals surface area contributed by atoms with E-state index in [4.69, 9.17) is 9.47 Å². The summed E-state index contributed by atoms with van der Waals surface area (Å²) in [7, 11) is 3.47. The second-order valence-electron chi connectivity index (χ2n) is 17.9. The van der Waals surface area contributed by atoms with Crippen molar-refractivity contribution in [3.8, 4) is 44.9 Å². The van der Waals surface area contributed by atoms with Gasteiger partial charge in [-0.3, -0.25) is 0 Å². The second kappa shape index (κ2) is 17.5. The normalized spacial score (nSPS) is 11.5. The zero-order valence-corrected chi connectivity index (χ0v) is 37.2. The molecule has 0 atom stereocenters. The van der Waals surface area contributed by atoms with Crippen LogP contribution in [0.3, 0.4) is 0 Å². The molecule has 0 amide bonds. The molecule has 62 heavy (non-hydrogen) atoms. The van der Waals surface area contributed by atoms with E-state index in [1.807, 2.05) is 0 Å². The first kappa shape index (κ1) is 41.7. The van der Waals surface area contributed by atoms with Gasteiger partial charge in [0.2, 0.25) is 0 Å². The van der Waals surface area contributed by atoms with Crippen LogP contribution in [0.15, 0.2) is 194 Å². The Bertz CT molecular complexity index is 2530. The Hall–Kier alpha value is -7.04. The molecule has 0 aliphatic rings. The molecule has 0 spiro atoms. The van der Waals surface area contributed by atoms with E-state index in [2.05, 4.69) is 245 Å². The average molecular weight is 813 g/mol. The van der Waals surface area contributed by atoms with Gasteiger partial charge in [-0.15, -0.1) is 0 Å². The topological polar surface area (TPSA) is 24.9 Å². The fourth-order valence-corrected chi connectivity index (χ4v) is 7.98. The molecular weight excluding hydrogens is 757 g/mol. The molecule has 0 fully saturated rings. The Morgan fingerprint density at radius 2 is 0.581 bits per heavy atom. The van der Waals surface area contributed by atoms with Gasteiger partial charge in [0, 0.05) is 34.9 Å². The van der Waals surface area contributed by atoms with Crippen molar-refractivity contribution in [2.75, 3.05) is 24.0 Å². The summed E-state index contributed by atoms with van der Waals surface area (Å²) in [4.78, 5) is 4.62. The van der Waals surface area contributed by atoms with E-state index in [1.54, 1.807) is 14.2 Å². The zero-order chi connectivity index (χ0) is 43.4. The Kier molecular flexibility index (Phi) is 11.8. The van der Waals surface area contributed by atoms with Gasteiger partial charge in [-0.05, 0) is 128 Å². The average Bonchev–Trinajstić information content (AvgIpc) is 3.30. The summed E-state index contributed by atoms with van der Waals surface area (Å²) in [6.45, 7) is 13.5. The fourth-order valence-electron chi connectivity index (χ4n) is 7.98. The highest BCUT2D eigenvalue weighted by atomic mass is 16.5. The van der Waals surface area contributed by atoms with Gasteiger partial charge >= 0.3 is 0 Å². The molecule has 0 radical (unpaired) electrons. The molecule has 310 valence electrons. The first-order chi connectivity index (χ1) is 29.9. The van der Waals surface area contributed by atoms with Crippen molar-refractivity contribution in [3.63, 3.8) is 0 Å². The molecule has 8 aromatic rings. The third-order valence-corrected chi connectivity index (χ3v) is 11.6. The van der Waals surface area contributed by atoms with Crippen LogP contribution >= 0.6 is 0 Å². The van der Waals surface area contributed by atoms with E-state index in [-0.39, 0.29) is 10.8 Å². The minimum absolute atomic E-state index is 0.0281. The number of rotatable bonds is 11. The van der Waals surface area contributed by atoms with Gasteiger partial charge in [0.15, 0.2) is 0 Å². The molecule has 8 rings (SSSR count). The molecule has 4 nitrogen and oxygen atoms in total.